The number of aromatic nitrogens is 2. The molecule has 0 aliphatic carbocycles. The molecule has 106 valence electrons. The standard InChI is InChI=1S/C15H17BrN2O2/c1-4-18-13(7-10(2)17-18)9-20-15-8-12(16)5-6-14(15)11(3)19/h5-8H,4,9H2,1-3H3. The smallest absolute Gasteiger partial charge is 0.163 e. The molecule has 0 unspecified atom stereocenters. The lowest BCUT2D eigenvalue weighted by atomic mass is 10.1. The molecule has 2 aromatic rings. The van der Waals surface area contributed by atoms with Crippen molar-refractivity contribution < 1.29 is 9.53 Å². The van der Waals surface area contributed by atoms with E-state index in [9.17, 15) is 4.79 Å². The highest BCUT2D eigenvalue weighted by molar-refractivity contribution is 9.10. The Morgan fingerprint density at radius 1 is 1.40 bits per heavy atom. The van der Waals surface area contributed by atoms with E-state index < -0.39 is 0 Å². The normalized spacial score (nSPS) is 10.6. The first-order chi connectivity index (χ1) is 9.51. The molecule has 5 heteroatoms. The van der Waals surface area contributed by atoms with Gasteiger partial charge in [0.2, 0.25) is 0 Å². The summed E-state index contributed by atoms with van der Waals surface area (Å²) < 4.78 is 8.60. The van der Waals surface area contributed by atoms with Crippen molar-refractivity contribution in [2.75, 3.05) is 0 Å². The maximum absolute atomic E-state index is 11.6. The molecule has 2 rings (SSSR count). The maximum atomic E-state index is 11.6. The number of aryl methyl sites for hydroxylation is 2. The van der Waals surface area contributed by atoms with Crippen LogP contribution in [0.4, 0.5) is 0 Å². The Bertz CT molecular complexity index is 635. The van der Waals surface area contributed by atoms with Crippen molar-refractivity contribution in [3.63, 3.8) is 0 Å². The van der Waals surface area contributed by atoms with E-state index in [0.717, 1.165) is 22.4 Å². The van der Waals surface area contributed by atoms with Gasteiger partial charge < -0.3 is 4.74 Å². The summed E-state index contributed by atoms with van der Waals surface area (Å²) in [4.78, 5) is 11.6. The summed E-state index contributed by atoms with van der Waals surface area (Å²) in [5.74, 6) is 0.584. The highest BCUT2D eigenvalue weighted by atomic mass is 79.9. The summed E-state index contributed by atoms with van der Waals surface area (Å²) in [5, 5.41) is 4.38. The topological polar surface area (TPSA) is 44.1 Å². The molecule has 1 aromatic heterocycles. The fraction of sp³-hybridized carbons (Fsp3) is 0.333. The number of nitrogens with zero attached hydrogens (tertiary/aromatic N) is 2. The second kappa shape index (κ2) is 6.22. The highest BCUT2D eigenvalue weighted by Gasteiger charge is 2.11. The zero-order valence-corrected chi connectivity index (χ0v) is 13.4. The molecule has 0 aliphatic rings. The number of ether oxygens (including phenoxy) is 1. The highest BCUT2D eigenvalue weighted by Crippen LogP contribution is 2.25. The molecular weight excluding hydrogens is 320 g/mol. The van der Waals surface area contributed by atoms with Crippen LogP contribution < -0.4 is 4.74 Å². The first-order valence-corrected chi connectivity index (χ1v) is 7.27. The van der Waals surface area contributed by atoms with Gasteiger partial charge in [-0.15, -0.1) is 0 Å². The fourth-order valence-electron chi connectivity index (χ4n) is 2.05. The minimum absolute atomic E-state index is 0.00678. The predicted molar refractivity (Wildman–Crippen MR) is 81.1 cm³/mol. The molecule has 0 spiro atoms. The molecule has 1 aromatic carbocycles. The van der Waals surface area contributed by atoms with E-state index in [1.807, 2.05) is 36.7 Å². The van der Waals surface area contributed by atoms with Crippen molar-refractivity contribution in [1.82, 2.24) is 9.78 Å². The third-order valence-electron chi connectivity index (χ3n) is 2.98. The van der Waals surface area contributed by atoms with E-state index in [2.05, 4.69) is 21.0 Å². The lowest BCUT2D eigenvalue weighted by molar-refractivity contribution is 0.101. The fourth-order valence-corrected chi connectivity index (χ4v) is 2.39. The molecule has 20 heavy (non-hydrogen) atoms. The van der Waals surface area contributed by atoms with Gasteiger partial charge in [-0.05, 0) is 45.0 Å². The third-order valence-corrected chi connectivity index (χ3v) is 3.48. The Kier molecular flexibility index (Phi) is 4.60. The molecule has 1 heterocycles. The number of ketones is 1. The SMILES string of the molecule is CCn1nc(C)cc1COc1cc(Br)ccc1C(C)=O. The second-order valence-corrected chi connectivity index (χ2v) is 5.49. The summed E-state index contributed by atoms with van der Waals surface area (Å²) in [6.45, 7) is 6.72. The molecule has 0 radical (unpaired) electrons. The Morgan fingerprint density at radius 2 is 2.15 bits per heavy atom. The summed E-state index contributed by atoms with van der Waals surface area (Å²) in [5.41, 5.74) is 2.55. The lowest BCUT2D eigenvalue weighted by Gasteiger charge is -2.11. The molecular formula is C15H17BrN2O2. The van der Waals surface area contributed by atoms with Crippen LogP contribution in [-0.4, -0.2) is 15.6 Å². The van der Waals surface area contributed by atoms with Crippen molar-refractivity contribution in [1.29, 1.82) is 0 Å². The zero-order chi connectivity index (χ0) is 14.7. The van der Waals surface area contributed by atoms with Crippen LogP contribution in [0.1, 0.15) is 35.6 Å². The Morgan fingerprint density at radius 3 is 2.80 bits per heavy atom. The number of hydrogen-bond acceptors (Lipinski definition) is 3. The van der Waals surface area contributed by atoms with Gasteiger partial charge in [0, 0.05) is 11.0 Å². The quantitative estimate of drug-likeness (QED) is 0.781. The van der Waals surface area contributed by atoms with E-state index in [1.165, 1.54) is 6.92 Å². The monoisotopic (exact) mass is 336 g/mol. The number of hydrogen-bond donors (Lipinski definition) is 0. The van der Waals surface area contributed by atoms with Gasteiger partial charge in [0.25, 0.3) is 0 Å². The molecule has 0 fully saturated rings. The molecule has 0 bridgehead atoms. The number of Topliss-reactive ketones (excluding diaryl/α,β-unsaturated/α-hetero) is 1. The van der Waals surface area contributed by atoms with Gasteiger partial charge in [-0.1, -0.05) is 15.9 Å². The van der Waals surface area contributed by atoms with Crippen molar-refractivity contribution in [2.24, 2.45) is 0 Å². The molecule has 0 aliphatic heterocycles. The number of benzene rings is 1. The number of halogens is 1. The van der Waals surface area contributed by atoms with Crippen LogP contribution in [0.3, 0.4) is 0 Å². The van der Waals surface area contributed by atoms with Crippen molar-refractivity contribution >= 4 is 21.7 Å². The second-order valence-electron chi connectivity index (χ2n) is 4.58. The van der Waals surface area contributed by atoms with E-state index in [0.29, 0.717) is 17.9 Å². The van der Waals surface area contributed by atoms with Crippen LogP contribution in [0, 0.1) is 6.92 Å². The molecule has 0 amide bonds. The zero-order valence-electron chi connectivity index (χ0n) is 11.8. The molecule has 0 N–H and O–H groups in total. The number of rotatable bonds is 5. The molecule has 0 atom stereocenters. The van der Waals surface area contributed by atoms with Gasteiger partial charge in [-0.3, -0.25) is 9.48 Å². The first-order valence-electron chi connectivity index (χ1n) is 6.48. The Labute approximate surface area is 126 Å². The van der Waals surface area contributed by atoms with Crippen molar-refractivity contribution in [2.45, 2.75) is 33.9 Å². The Hall–Kier alpha value is -1.62. The van der Waals surface area contributed by atoms with Crippen LogP contribution in [0.5, 0.6) is 5.75 Å². The van der Waals surface area contributed by atoms with Gasteiger partial charge >= 0.3 is 0 Å². The number of carbonyl (C=O) groups excluding carboxylic acids is 1. The van der Waals surface area contributed by atoms with E-state index in [4.69, 9.17) is 4.74 Å². The Balaban J connectivity index is 2.22. The van der Waals surface area contributed by atoms with Gasteiger partial charge in [-0.25, -0.2) is 0 Å². The summed E-state index contributed by atoms with van der Waals surface area (Å²) in [6.07, 6.45) is 0. The van der Waals surface area contributed by atoms with Gasteiger partial charge in [-0.2, -0.15) is 5.10 Å². The van der Waals surface area contributed by atoms with E-state index in [1.54, 1.807) is 6.07 Å². The van der Waals surface area contributed by atoms with Crippen LogP contribution in [-0.2, 0) is 13.2 Å². The van der Waals surface area contributed by atoms with Gasteiger partial charge in [0.05, 0.1) is 17.0 Å². The van der Waals surface area contributed by atoms with Crippen LogP contribution in [0.2, 0.25) is 0 Å². The van der Waals surface area contributed by atoms with Crippen LogP contribution in [0.15, 0.2) is 28.7 Å². The van der Waals surface area contributed by atoms with Crippen LogP contribution >= 0.6 is 15.9 Å². The van der Waals surface area contributed by atoms with E-state index in [-0.39, 0.29) is 5.78 Å². The molecule has 0 saturated carbocycles. The van der Waals surface area contributed by atoms with Crippen molar-refractivity contribution in [3.05, 3.63) is 45.7 Å². The average Bonchev–Trinajstić information content (AvgIpc) is 2.76. The largest absolute Gasteiger partial charge is 0.487 e. The summed E-state index contributed by atoms with van der Waals surface area (Å²) in [6, 6.07) is 7.42. The average molecular weight is 337 g/mol. The van der Waals surface area contributed by atoms with Crippen molar-refractivity contribution in [3.8, 4) is 5.75 Å². The van der Waals surface area contributed by atoms with Gasteiger partial charge in [0.1, 0.15) is 12.4 Å². The van der Waals surface area contributed by atoms with Gasteiger partial charge in [0.15, 0.2) is 5.78 Å². The number of carbonyl (C=O) groups is 1. The molecule has 0 saturated heterocycles. The third kappa shape index (κ3) is 3.28. The van der Waals surface area contributed by atoms with Crippen LogP contribution in [0.25, 0.3) is 0 Å². The summed E-state index contributed by atoms with van der Waals surface area (Å²) in [7, 11) is 0. The molecule has 4 nitrogen and oxygen atoms in total. The minimum Gasteiger partial charge on any atom is -0.487 e. The lowest BCUT2D eigenvalue weighted by Crippen LogP contribution is -2.07. The van der Waals surface area contributed by atoms with E-state index >= 15 is 0 Å². The summed E-state index contributed by atoms with van der Waals surface area (Å²) >= 11 is 3.40. The predicted octanol–water partition coefficient (Wildman–Crippen LogP) is 3.76. The minimum atomic E-state index is -0.00678. The maximum Gasteiger partial charge on any atom is 0.163 e. The first kappa shape index (κ1) is 14.8.